The van der Waals surface area contributed by atoms with E-state index in [0.29, 0.717) is 24.9 Å². The van der Waals surface area contributed by atoms with E-state index >= 15 is 0 Å². The number of methoxy groups -OCH3 is 2. The van der Waals surface area contributed by atoms with Crippen molar-refractivity contribution in [3.63, 3.8) is 0 Å². The Kier molecular flexibility index (Phi) is 7.50. The molecule has 1 aromatic carbocycles. The highest BCUT2D eigenvalue weighted by Gasteiger charge is 2.10. The van der Waals surface area contributed by atoms with Crippen LogP contribution in [-0.4, -0.2) is 59.2 Å². The zero-order valence-electron chi connectivity index (χ0n) is 13.8. The number of carbonyl (C=O) groups is 1. The van der Waals surface area contributed by atoms with Gasteiger partial charge in [-0.25, -0.2) is 4.68 Å². The Hall–Kier alpha value is -2.13. The summed E-state index contributed by atoms with van der Waals surface area (Å²) in [6.07, 6.45) is 0.794. The summed E-state index contributed by atoms with van der Waals surface area (Å²) >= 11 is 1.31. The minimum absolute atomic E-state index is 0.0462. The fourth-order valence-electron chi connectivity index (χ4n) is 1.93. The lowest BCUT2D eigenvalue weighted by Gasteiger charge is -2.06. The zero-order chi connectivity index (χ0) is 17.2. The smallest absolute Gasteiger partial charge is 0.230 e. The largest absolute Gasteiger partial charge is 0.497 e. The second kappa shape index (κ2) is 9.89. The summed E-state index contributed by atoms with van der Waals surface area (Å²) in [5.41, 5.74) is 1.05. The minimum Gasteiger partial charge on any atom is -0.497 e. The van der Waals surface area contributed by atoms with Crippen LogP contribution in [0.25, 0.3) is 0 Å². The van der Waals surface area contributed by atoms with E-state index in [1.807, 2.05) is 24.3 Å². The van der Waals surface area contributed by atoms with E-state index in [0.717, 1.165) is 17.7 Å². The van der Waals surface area contributed by atoms with Gasteiger partial charge in [0.1, 0.15) is 5.75 Å². The highest BCUT2D eigenvalue weighted by molar-refractivity contribution is 7.99. The van der Waals surface area contributed by atoms with Gasteiger partial charge in [-0.2, -0.15) is 0 Å². The maximum Gasteiger partial charge on any atom is 0.230 e. The second-order valence-corrected chi connectivity index (χ2v) is 5.89. The molecule has 24 heavy (non-hydrogen) atoms. The summed E-state index contributed by atoms with van der Waals surface area (Å²) in [6.45, 7) is 1.77. The number of nitrogens with one attached hydrogen (secondary N) is 1. The highest BCUT2D eigenvalue weighted by Crippen LogP contribution is 2.16. The van der Waals surface area contributed by atoms with Gasteiger partial charge in [-0.3, -0.25) is 4.79 Å². The standard InChI is InChI=1S/C15H21N5O3S/c1-22-9-3-8-16-14(21)11-24-15-17-18-19-20(15)10-12-4-6-13(23-2)7-5-12/h4-7H,3,8-11H2,1-2H3,(H,16,21). The van der Waals surface area contributed by atoms with Crippen LogP contribution in [0.1, 0.15) is 12.0 Å². The molecule has 2 rings (SSSR count). The molecule has 2 aromatic rings. The maximum atomic E-state index is 11.8. The molecule has 1 heterocycles. The van der Waals surface area contributed by atoms with Crippen LogP contribution in [0, 0.1) is 0 Å². The number of aromatic nitrogens is 4. The molecule has 0 unspecified atom stereocenters. The van der Waals surface area contributed by atoms with Crippen molar-refractivity contribution in [2.24, 2.45) is 0 Å². The molecule has 1 amide bonds. The zero-order valence-corrected chi connectivity index (χ0v) is 14.6. The Morgan fingerprint density at radius 2 is 2.08 bits per heavy atom. The van der Waals surface area contributed by atoms with E-state index in [2.05, 4.69) is 20.8 Å². The van der Waals surface area contributed by atoms with Crippen LogP contribution in [0.4, 0.5) is 0 Å². The van der Waals surface area contributed by atoms with Gasteiger partial charge in [0.05, 0.1) is 19.4 Å². The summed E-state index contributed by atoms with van der Waals surface area (Å²) in [6, 6.07) is 7.69. The fraction of sp³-hybridized carbons (Fsp3) is 0.467. The predicted molar refractivity (Wildman–Crippen MR) is 90.1 cm³/mol. The Balaban J connectivity index is 1.82. The van der Waals surface area contributed by atoms with Crippen molar-refractivity contribution in [1.29, 1.82) is 0 Å². The Bertz CT molecular complexity index is 632. The average Bonchev–Trinajstić information content (AvgIpc) is 3.04. The molecule has 0 atom stereocenters. The number of hydrogen-bond acceptors (Lipinski definition) is 7. The van der Waals surface area contributed by atoms with Gasteiger partial charge in [0.25, 0.3) is 0 Å². The lowest BCUT2D eigenvalue weighted by Crippen LogP contribution is -2.27. The molecule has 0 radical (unpaired) electrons. The molecule has 0 aliphatic carbocycles. The van der Waals surface area contributed by atoms with Crippen molar-refractivity contribution in [3.8, 4) is 5.75 Å². The van der Waals surface area contributed by atoms with Crippen LogP contribution in [0.2, 0.25) is 0 Å². The van der Waals surface area contributed by atoms with Gasteiger partial charge < -0.3 is 14.8 Å². The lowest BCUT2D eigenvalue weighted by molar-refractivity contribution is -0.118. The maximum absolute atomic E-state index is 11.8. The van der Waals surface area contributed by atoms with Gasteiger partial charge >= 0.3 is 0 Å². The molecule has 0 aliphatic heterocycles. The van der Waals surface area contributed by atoms with Crippen LogP contribution in [0.5, 0.6) is 5.75 Å². The number of carbonyl (C=O) groups excluding carboxylic acids is 1. The molecule has 9 heteroatoms. The van der Waals surface area contributed by atoms with Crippen molar-refractivity contribution < 1.29 is 14.3 Å². The Labute approximate surface area is 144 Å². The summed E-state index contributed by atoms with van der Waals surface area (Å²) in [7, 11) is 3.27. The molecule has 130 valence electrons. The summed E-state index contributed by atoms with van der Waals surface area (Å²) in [5, 5.41) is 15.1. The number of tetrazole rings is 1. The fourth-order valence-corrected chi connectivity index (χ4v) is 2.63. The summed E-state index contributed by atoms with van der Waals surface area (Å²) in [5.74, 6) is 1.03. The third-order valence-corrected chi connectivity index (χ3v) is 4.13. The normalized spacial score (nSPS) is 10.6. The van der Waals surface area contributed by atoms with E-state index < -0.39 is 0 Å². The van der Waals surface area contributed by atoms with Crippen molar-refractivity contribution in [1.82, 2.24) is 25.5 Å². The van der Waals surface area contributed by atoms with Gasteiger partial charge in [-0.1, -0.05) is 23.9 Å². The summed E-state index contributed by atoms with van der Waals surface area (Å²) in [4.78, 5) is 11.8. The third-order valence-electron chi connectivity index (χ3n) is 3.17. The second-order valence-electron chi connectivity index (χ2n) is 4.95. The van der Waals surface area contributed by atoms with Crippen LogP contribution in [-0.2, 0) is 16.1 Å². The molecule has 0 saturated carbocycles. The first-order valence-corrected chi connectivity index (χ1v) is 8.49. The first kappa shape index (κ1) is 18.2. The number of thioether (sulfide) groups is 1. The van der Waals surface area contributed by atoms with Crippen LogP contribution >= 0.6 is 11.8 Å². The van der Waals surface area contributed by atoms with E-state index in [1.165, 1.54) is 11.8 Å². The molecular weight excluding hydrogens is 330 g/mol. The van der Waals surface area contributed by atoms with Crippen molar-refractivity contribution in [3.05, 3.63) is 29.8 Å². The number of ether oxygens (including phenoxy) is 2. The van der Waals surface area contributed by atoms with E-state index in [4.69, 9.17) is 9.47 Å². The van der Waals surface area contributed by atoms with Crippen molar-refractivity contribution in [2.75, 3.05) is 33.1 Å². The number of nitrogens with zero attached hydrogens (tertiary/aromatic N) is 4. The molecule has 1 N–H and O–H groups in total. The molecule has 0 aliphatic rings. The van der Waals surface area contributed by atoms with Crippen LogP contribution in [0.15, 0.2) is 29.4 Å². The van der Waals surface area contributed by atoms with Gasteiger partial charge in [0.2, 0.25) is 11.1 Å². The van der Waals surface area contributed by atoms with Crippen LogP contribution < -0.4 is 10.1 Å². The third kappa shape index (κ3) is 5.82. The van der Waals surface area contributed by atoms with E-state index in [-0.39, 0.29) is 11.7 Å². The van der Waals surface area contributed by atoms with Crippen LogP contribution in [0.3, 0.4) is 0 Å². The van der Waals surface area contributed by atoms with Crippen molar-refractivity contribution in [2.45, 2.75) is 18.1 Å². The van der Waals surface area contributed by atoms with Gasteiger partial charge in [0, 0.05) is 20.3 Å². The molecule has 8 nitrogen and oxygen atoms in total. The van der Waals surface area contributed by atoms with E-state index in [1.54, 1.807) is 18.9 Å². The first-order valence-electron chi connectivity index (χ1n) is 7.50. The lowest BCUT2D eigenvalue weighted by atomic mass is 10.2. The topological polar surface area (TPSA) is 91.2 Å². The molecule has 1 aromatic heterocycles. The number of benzene rings is 1. The first-order chi connectivity index (χ1) is 11.7. The molecule has 0 fully saturated rings. The Morgan fingerprint density at radius 1 is 1.29 bits per heavy atom. The predicted octanol–water partition coefficient (Wildman–Crippen LogP) is 0.975. The average molecular weight is 351 g/mol. The summed E-state index contributed by atoms with van der Waals surface area (Å²) < 4.78 is 11.7. The molecule has 0 saturated heterocycles. The van der Waals surface area contributed by atoms with Crippen molar-refractivity contribution >= 4 is 17.7 Å². The van der Waals surface area contributed by atoms with Gasteiger partial charge in [-0.15, -0.1) is 5.10 Å². The number of hydrogen-bond donors (Lipinski definition) is 1. The minimum atomic E-state index is -0.0462. The SMILES string of the molecule is COCCCNC(=O)CSc1nnnn1Cc1ccc(OC)cc1. The van der Waals surface area contributed by atoms with E-state index in [9.17, 15) is 4.79 Å². The highest BCUT2D eigenvalue weighted by atomic mass is 32.2. The Morgan fingerprint density at radius 3 is 2.79 bits per heavy atom. The monoisotopic (exact) mass is 351 g/mol. The van der Waals surface area contributed by atoms with Gasteiger partial charge in [-0.05, 0) is 34.5 Å². The van der Waals surface area contributed by atoms with Gasteiger partial charge in [0.15, 0.2) is 0 Å². The molecule has 0 spiro atoms. The quantitative estimate of drug-likeness (QED) is 0.504. The number of rotatable bonds is 10. The number of amides is 1. The molecular formula is C15H21N5O3S. The molecule has 0 bridgehead atoms.